The Hall–Kier alpha value is -1.82. The second-order valence-corrected chi connectivity index (χ2v) is 7.34. The normalized spacial score (nSPS) is 17.8. The lowest BCUT2D eigenvalue weighted by Gasteiger charge is -2.35. The molecule has 1 amide bonds. The monoisotopic (exact) mass is 359 g/mol. The van der Waals surface area contributed by atoms with E-state index in [1.165, 1.54) is 18.2 Å². The summed E-state index contributed by atoms with van der Waals surface area (Å²) in [5.74, 6) is 0.489. The molecule has 0 saturated carbocycles. The lowest BCUT2D eigenvalue weighted by Crippen LogP contribution is -2.44. The van der Waals surface area contributed by atoms with Crippen molar-refractivity contribution in [3.05, 3.63) is 34.6 Å². The smallest absolute Gasteiger partial charge is 0.262 e. The zero-order chi connectivity index (χ0) is 17.8. The zero-order valence-corrected chi connectivity index (χ0v) is 15.7. The van der Waals surface area contributed by atoms with Crippen LogP contribution in [0.15, 0.2) is 34.2 Å². The fourth-order valence-corrected chi connectivity index (χ4v) is 4.45. The number of likely N-dealkylation sites (tertiary alicyclic amines) is 1. The maximum absolute atomic E-state index is 12.7. The lowest BCUT2D eigenvalue weighted by atomic mass is 10.0. The summed E-state index contributed by atoms with van der Waals surface area (Å²) in [5, 5.41) is 1.26. The SMILES string of the molecule is CCC1CCCCN1C(=O)CSc1nc2ccccc2c(=O)n1CC. The van der Waals surface area contributed by atoms with Gasteiger partial charge >= 0.3 is 0 Å². The van der Waals surface area contributed by atoms with Crippen molar-refractivity contribution in [3.63, 3.8) is 0 Å². The molecule has 1 aliphatic rings. The van der Waals surface area contributed by atoms with Crippen LogP contribution in [0.25, 0.3) is 10.9 Å². The van der Waals surface area contributed by atoms with Crippen molar-refractivity contribution >= 4 is 28.6 Å². The van der Waals surface area contributed by atoms with Crippen molar-refractivity contribution in [2.24, 2.45) is 0 Å². The van der Waals surface area contributed by atoms with Gasteiger partial charge in [-0.1, -0.05) is 30.8 Å². The number of thioether (sulfide) groups is 1. The first-order valence-corrected chi connectivity index (χ1v) is 10.1. The highest BCUT2D eigenvalue weighted by atomic mass is 32.2. The van der Waals surface area contributed by atoms with Gasteiger partial charge < -0.3 is 4.90 Å². The molecule has 1 saturated heterocycles. The first kappa shape index (κ1) is 18.0. The Morgan fingerprint density at radius 3 is 2.84 bits per heavy atom. The predicted molar refractivity (Wildman–Crippen MR) is 102 cm³/mol. The highest BCUT2D eigenvalue weighted by Gasteiger charge is 2.25. The molecule has 1 aromatic heterocycles. The molecule has 0 aliphatic carbocycles. The van der Waals surface area contributed by atoms with Gasteiger partial charge in [-0.2, -0.15) is 0 Å². The summed E-state index contributed by atoms with van der Waals surface area (Å²) < 4.78 is 1.66. The van der Waals surface area contributed by atoms with Gasteiger partial charge in [0.2, 0.25) is 5.91 Å². The van der Waals surface area contributed by atoms with Gasteiger partial charge in [-0.3, -0.25) is 14.2 Å². The molecule has 25 heavy (non-hydrogen) atoms. The maximum Gasteiger partial charge on any atom is 0.262 e. The van der Waals surface area contributed by atoms with E-state index in [9.17, 15) is 9.59 Å². The fourth-order valence-electron chi connectivity index (χ4n) is 3.50. The molecule has 6 heteroatoms. The Kier molecular flexibility index (Phi) is 5.78. The fraction of sp³-hybridized carbons (Fsp3) is 0.526. The molecule has 1 fully saturated rings. The van der Waals surface area contributed by atoms with Gasteiger partial charge in [0, 0.05) is 19.1 Å². The Morgan fingerprint density at radius 2 is 2.08 bits per heavy atom. The second kappa shape index (κ2) is 8.04. The highest BCUT2D eigenvalue weighted by Crippen LogP contribution is 2.23. The number of piperidine rings is 1. The Bertz CT molecular complexity index is 818. The van der Waals surface area contributed by atoms with Crippen molar-refractivity contribution in [3.8, 4) is 0 Å². The molecule has 2 heterocycles. The van der Waals surface area contributed by atoms with Gasteiger partial charge in [-0.05, 0) is 44.7 Å². The van der Waals surface area contributed by atoms with Crippen molar-refractivity contribution in [1.82, 2.24) is 14.5 Å². The quantitative estimate of drug-likeness (QED) is 0.607. The second-order valence-electron chi connectivity index (χ2n) is 6.39. The Balaban J connectivity index is 1.80. The molecule has 2 aromatic rings. The largest absolute Gasteiger partial charge is 0.339 e. The molecule has 0 N–H and O–H groups in total. The third-order valence-corrected chi connectivity index (χ3v) is 5.85. The molecule has 3 rings (SSSR count). The number of carbonyl (C=O) groups excluding carboxylic acids is 1. The van der Waals surface area contributed by atoms with E-state index in [0.29, 0.717) is 34.4 Å². The van der Waals surface area contributed by atoms with Crippen molar-refractivity contribution in [2.45, 2.75) is 57.3 Å². The number of fused-ring (bicyclic) bond motifs is 1. The van der Waals surface area contributed by atoms with Crippen LogP contribution in [0.3, 0.4) is 0 Å². The number of carbonyl (C=O) groups is 1. The van der Waals surface area contributed by atoms with Crippen LogP contribution in [0.5, 0.6) is 0 Å². The molecule has 1 aliphatic heterocycles. The predicted octanol–water partition coefficient (Wildman–Crippen LogP) is 3.30. The first-order chi connectivity index (χ1) is 12.2. The van der Waals surface area contributed by atoms with Gasteiger partial charge in [0.1, 0.15) is 0 Å². The van der Waals surface area contributed by atoms with E-state index in [1.54, 1.807) is 10.6 Å². The summed E-state index contributed by atoms with van der Waals surface area (Å²) in [6.45, 7) is 5.47. The minimum absolute atomic E-state index is 0.0348. The van der Waals surface area contributed by atoms with E-state index >= 15 is 0 Å². The average Bonchev–Trinajstić information content (AvgIpc) is 2.66. The number of aromatic nitrogens is 2. The molecule has 0 spiro atoms. The van der Waals surface area contributed by atoms with E-state index in [0.717, 1.165) is 25.8 Å². The molecule has 134 valence electrons. The highest BCUT2D eigenvalue weighted by molar-refractivity contribution is 7.99. The van der Waals surface area contributed by atoms with E-state index in [4.69, 9.17) is 0 Å². The van der Waals surface area contributed by atoms with Crippen LogP contribution in [0.1, 0.15) is 39.5 Å². The number of nitrogens with zero attached hydrogens (tertiary/aromatic N) is 3. The minimum atomic E-state index is -0.0348. The number of para-hydroxylation sites is 1. The van der Waals surface area contributed by atoms with Crippen LogP contribution in [-0.4, -0.2) is 38.7 Å². The molecule has 1 unspecified atom stereocenters. The van der Waals surface area contributed by atoms with Gasteiger partial charge in [0.15, 0.2) is 5.16 Å². The van der Waals surface area contributed by atoms with E-state index in [-0.39, 0.29) is 11.5 Å². The summed E-state index contributed by atoms with van der Waals surface area (Å²) in [6, 6.07) is 7.74. The Morgan fingerprint density at radius 1 is 1.28 bits per heavy atom. The maximum atomic E-state index is 12.7. The van der Waals surface area contributed by atoms with Crippen LogP contribution in [0.2, 0.25) is 0 Å². The molecular weight excluding hydrogens is 334 g/mol. The van der Waals surface area contributed by atoms with Gasteiger partial charge in [-0.15, -0.1) is 0 Å². The standard InChI is InChI=1S/C19H25N3O2S/c1-3-14-9-7-8-12-22(14)17(23)13-25-19-20-16-11-6-5-10-15(16)18(24)21(19)4-2/h5-6,10-11,14H,3-4,7-9,12-13H2,1-2H3. The van der Waals surface area contributed by atoms with E-state index < -0.39 is 0 Å². The number of benzene rings is 1. The number of hydrogen-bond acceptors (Lipinski definition) is 4. The number of rotatable bonds is 5. The van der Waals surface area contributed by atoms with E-state index in [1.807, 2.05) is 30.0 Å². The third kappa shape index (κ3) is 3.73. The summed E-state index contributed by atoms with van der Waals surface area (Å²) in [6.07, 6.45) is 4.39. The van der Waals surface area contributed by atoms with Crippen molar-refractivity contribution in [1.29, 1.82) is 0 Å². The van der Waals surface area contributed by atoms with E-state index in [2.05, 4.69) is 11.9 Å². The van der Waals surface area contributed by atoms with Crippen LogP contribution >= 0.6 is 11.8 Å². The number of amides is 1. The van der Waals surface area contributed by atoms with Gasteiger partial charge in [0.05, 0.1) is 16.7 Å². The van der Waals surface area contributed by atoms with Gasteiger partial charge in [0.25, 0.3) is 5.56 Å². The molecule has 1 atom stereocenters. The lowest BCUT2D eigenvalue weighted by molar-refractivity contribution is -0.132. The summed E-state index contributed by atoms with van der Waals surface area (Å²) >= 11 is 1.38. The summed E-state index contributed by atoms with van der Waals surface area (Å²) in [4.78, 5) is 32.0. The molecule has 0 radical (unpaired) electrons. The Labute approximate surface area is 152 Å². The molecular formula is C19H25N3O2S. The minimum Gasteiger partial charge on any atom is -0.339 e. The van der Waals surface area contributed by atoms with Gasteiger partial charge in [-0.25, -0.2) is 4.98 Å². The average molecular weight is 359 g/mol. The summed E-state index contributed by atoms with van der Waals surface area (Å²) in [7, 11) is 0. The van der Waals surface area contributed by atoms with Crippen LogP contribution < -0.4 is 5.56 Å². The first-order valence-electron chi connectivity index (χ1n) is 9.07. The van der Waals surface area contributed by atoms with Crippen molar-refractivity contribution < 1.29 is 4.79 Å². The van der Waals surface area contributed by atoms with Crippen LogP contribution in [0.4, 0.5) is 0 Å². The summed E-state index contributed by atoms with van der Waals surface area (Å²) in [5.41, 5.74) is 0.656. The van der Waals surface area contributed by atoms with Crippen molar-refractivity contribution in [2.75, 3.05) is 12.3 Å². The van der Waals surface area contributed by atoms with Crippen LogP contribution in [-0.2, 0) is 11.3 Å². The zero-order valence-electron chi connectivity index (χ0n) is 14.9. The molecule has 0 bridgehead atoms. The third-order valence-electron chi connectivity index (χ3n) is 4.89. The van der Waals surface area contributed by atoms with Crippen LogP contribution in [0, 0.1) is 0 Å². The number of hydrogen-bond donors (Lipinski definition) is 0. The topological polar surface area (TPSA) is 55.2 Å². The molecule has 5 nitrogen and oxygen atoms in total. The molecule has 1 aromatic carbocycles.